The second-order valence-corrected chi connectivity index (χ2v) is 3.15. The van der Waals surface area contributed by atoms with E-state index in [2.05, 4.69) is 9.89 Å². The van der Waals surface area contributed by atoms with Gasteiger partial charge >= 0.3 is 6.61 Å². The quantitative estimate of drug-likeness (QED) is 0.512. The highest BCUT2D eigenvalue weighted by molar-refractivity contribution is 6.70. The molecule has 0 spiro atoms. The molecule has 0 aliphatic rings. The average Bonchev–Trinajstić information content (AvgIpc) is 2.16. The van der Waals surface area contributed by atoms with E-state index in [-0.39, 0.29) is 16.3 Å². The predicted molar refractivity (Wildman–Crippen MR) is 52.3 cm³/mol. The molecule has 0 unspecified atom stereocenters. The standard InChI is InChI=1S/C8H5Cl2F2NO2/c9-4-2-1-3-5(15-8(11)12)6(4)7(10)13-14/h1-3,8,14H. The molecule has 0 amide bonds. The number of halogens is 4. The summed E-state index contributed by atoms with van der Waals surface area (Å²) in [6.45, 7) is -3.01. The van der Waals surface area contributed by atoms with Gasteiger partial charge < -0.3 is 9.94 Å². The maximum Gasteiger partial charge on any atom is 0.387 e. The van der Waals surface area contributed by atoms with E-state index in [1.54, 1.807) is 0 Å². The van der Waals surface area contributed by atoms with Crippen LogP contribution in [0.1, 0.15) is 5.56 Å². The highest BCUT2D eigenvalue weighted by atomic mass is 35.5. The third-order valence-electron chi connectivity index (χ3n) is 1.49. The maximum atomic E-state index is 12.0. The molecule has 0 atom stereocenters. The molecule has 7 heteroatoms. The first-order valence-electron chi connectivity index (χ1n) is 3.67. The molecule has 1 N–H and O–H groups in total. The third-order valence-corrected chi connectivity index (χ3v) is 2.07. The summed E-state index contributed by atoms with van der Waals surface area (Å²) in [5.41, 5.74) is -0.0800. The minimum Gasteiger partial charge on any atom is -0.434 e. The molecule has 1 rings (SSSR count). The topological polar surface area (TPSA) is 41.8 Å². The number of rotatable bonds is 3. The smallest absolute Gasteiger partial charge is 0.387 e. The Morgan fingerprint density at radius 2 is 2.13 bits per heavy atom. The second-order valence-electron chi connectivity index (χ2n) is 2.38. The van der Waals surface area contributed by atoms with Gasteiger partial charge in [-0.25, -0.2) is 0 Å². The summed E-state index contributed by atoms with van der Waals surface area (Å²) < 4.78 is 28.1. The van der Waals surface area contributed by atoms with Gasteiger partial charge in [0.15, 0.2) is 5.17 Å². The molecule has 0 saturated carbocycles. The van der Waals surface area contributed by atoms with E-state index in [4.69, 9.17) is 28.4 Å². The molecule has 0 bridgehead atoms. The summed E-state index contributed by atoms with van der Waals surface area (Å²) >= 11 is 11.2. The summed E-state index contributed by atoms with van der Waals surface area (Å²) in [5.74, 6) is -0.250. The fourth-order valence-electron chi connectivity index (χ4n) is 0.949. The molecule has 0 aromatic heterocycles. The summed E-state index contributed by atoms with van der Waals surface area (Å²) in [7, 11) is 0. The van der Waals surface area contributed by atoms with Gasteiger partial charge in [-0.2, -0.15) is 8.78 Å². The van der Waals surface area contributed by atoms with Crippen LogP contribution in [0, 0.1) is 0 Å². The van der Waals surface area contributed by atoms with E-state index in [1.807, 2.05) is 0 Å². The summed E-state index contributed by atoms with van der Waals surface area (Å²) in [4.78, 5) is 0. The monoisotopic (exact) mass is 255 g/mol. The van der Waals surface area contributed by atoms with Crippen molar-refractivity contribution in [3.05, 3.63) is 28.8 Å². The van der Waals surface area contributed by atoms with Crippen molar-refractivity contribution in [3.63, 3.8) is 0 Å². The van der Waals surface area contributed by atoms with Crippen molar-refractivity contribution < 1.29 is 18.7 Å². The Labute approximate surface area is 93.9 Å². The maximum absolute atomic E-state index is 12.0. The average molecular weight is 256 g/mol. The number of hydrogen-bond donors (Lipinski definition) is 1. The van der Waals surface area contributed by atoms with Crippen LogP contribution in [0.15, 0.2) is 23.4 Å². The van der Waals surface area contributed by atoms with Crippen LogP contribution in [-0.4, -0.2) is 17.0 Å². The molecule has 0 heterocycles. The van der Waals surface area contributed by atoms with Crippen LogP contribution in [0.4, 0.5) is 8.78 Å². The lowest BCUT2D eigenvalue weighted by Crippen LogP contribution is -2.06. The Bertz CT molecular complexity index is 385. The van der Waals surface area contributed by atoms with Crippen LogP contribution in [-0.2, 0) is 0 Å². The Morgan fingerprint density at radius 3 is 2.67 bits per heavy atom. The Hall–Kier alpha value is -1.07. The zero-order valence-electron chi connectivity index (χ0n) is 7.12. The molecule has 0 aliphatic carbocycles. The molecule has 1 aromatic carbocycles. The first-order chi connectivity index (χ1) is 7.06. The van der Waals surface area contributed by atoms with Gasteiger partial charge in [0.1, 0.15) is 5.75 Å². The van der Waals surface area contributed by atoms with E-state index in [9.17, 15) is 8.78 Å². The number of nitrogens with zero attached hydrogens (tertiary/aromatic N) is 1. The molecule has 15 heavy (non-hydrogen) atoms. The van der Waals surface area contributed by atoms with Gasteiger partial charge in [-0.1, -0.05) is 34.4 Å². The molecular weight excluding hydrogens is 251 g/mol. The number of oxime groups is 1. The first kappa shape index (κ1) is 12.0. The van der Waals surface area contributed by atoms with Crippen molar-refractivity contribution >= 4 is 28.4 Å². The number of ether oxygens (including phenoxy) is 1. The van der Waals surface area contributed by atoms with Crippen LogP contribution in [0.25, 0.3) is 0 Å². The number of alkyl halides is 2. The summed E-state index contributed by atoms with van der Waals surface area (Å²) in [6.07, 6.45) is 0. The molecule has 82 valence electrons. The molecule has 0 saturated heterocycles. The van der Waals surface area contributed by atoms with E-state index in [0.717, 1.165) is 0 Å². The number of benzene rings is 1. The van der Waals surface area contributed by atoms with E-state index in [0.29, 0.717) is 0 Å². The number of hydrogen-bond acceptors (Lipinski definition) is 3. The van der Waals surface area contributed by atoms with E-state index in [1.165, 1.54) is 18.2 Å². The summed E-state index contributed by atoms with van der Waals surface area (Å²) in [5, 5.41) is 10.7. The van der Waals surface area contributed by atoms with Gasteiger partial charge in [-0.3, -0.25) is 0 Å². The lowest BCUT2D eigenvalue weighted by molar-refractivity contribution is -0.0499. The SMILES string of the molecule is ON=C(Cl)c1c(Cl)cccc1OC(F)F. The van der Waals surface area contributed by atoms with Crippen LogP contribution in [0.5, 0.6) is 5.75 Å². The Kier molecular flexibility index (Phi) is 4.11. The largest absolute Gasteiger partial charge is 0.434 e. The van der Waals surface area contributed by atoms with Gasteiger partial charge in [0, 0.05) is 0 Å². The third kappa shape index (κ3) is 2.94. The molecular formula is C8H5Cl2F2NO2. The molecule has 3 nitrogen and oxygen atoms in total. The normalized spacial score (nSPS) is 11.9. The van der Waals surface area contributed by atoms with Crippen molar-refractivity contribution in [1.29, 1.82) is 0 Å². The minimum absolute atomic E-state index is 0.0518. The molecule has 0 radical (unpaired) electrons. The van der Waals surface area contributed by atoms with Crippen molar-refractivity contribution in [2.45, 2.75) is 6.61 Å². The fourth-order valence-corrected chi connectivity index (χ4v) is 1.45. The van der Waals surface area contributed by atoms with Crippen molar-refractivity contribution in [1.82, 2.24) is 0 Å². The fraction of sp³-hybridized carbons (Fsp3) is 0.125. The van der Waals surface area contributed by atoms with Crippen molar-refractivity contribution in [2.24, 2.45) is 5.16 Å². The highest BCUT2D eigenvalue weighted by Gasteiger charge is 2.16. The molecule has 0 aliphatic heterocycles. The minimum atomic E-state index is -3.01. The zero-order chi connectivity index (χ0) is 11.4. The highest BCUT2D eigenvalue weighted by Crippen LogP contribution is 2.29. The van der Waals surface area contributed by atoms with Crippen LogP contribution in [0.2, 0.25) is 5.02 Å². The Balaban J connectivity index is 3.20. The van der Waals surface area contributed by atoms with Crippen LogP contribution < -0.4 is 4.74 Å². The first-order valence-corrected chi connectivity index (χ1v) is 4.43. The van der Waals surface area contributed by atoms with Gasteiger partial charge in [-0.15, -0.1) is 0 Å². The lowest BCUT2D eigenvalue weighted by atomic mass is 10.2. The van der Waals surface area contributed by atoms with Crippen molar-refractivity contribution in [3.8, 4) is 5.75 Å². The van der Waals surface area contributed by atoms with Gasteiger partial charge in [0.2, 0.25) is 0 Å². The summed E-state index contributed by atoms with van der Waals surface area (Å²) in [6, 6.07) is 4.05. The zero-order valence-corrected chi connectivity index (χ0v) is 8.64. The van der Waals surface area contributed by atoms with Gasteiger partial charge in [0.05, 0.1) is 10.6 Å². The van der Waals surface area contributed by atoms with Crippen LogP contribution in [0.3, 0.4) is 0 Å². The van der Waals surface area contributed by atoms with E-state index >= 15 is 0 Å². The van der Waals surface area contributed by atoms with Crippen molar-refractivity contribution in [2.75, 3.05) is 0 Å². The predicted octanol–water partition coefficient (Wildman–Crippen LogP) is 3.32. The van der Waals surface area contributed by atoms with Crippen LogP contribution >= 0.6 is 23.2 Å². The lowest BCUT2D eigenvalue weighted by Gasteiger charge is -2.09. The molecule has 0 fully saturated rings. The second kappa shape index (κ2) is 5.14. The Morgan fingerprint density at radius 1 is 1.47 bits per heavy atom. The molecule has 1 aromatic rings. The van der Waals surface area contributed by atoms with Gasteiger partial charge in [0.25, 0.3) is 0 Å². The van der Waals surface area contributed by atoms with E-state index < -0.39 is 11.8 Å². The van der Waals surface area contributed by atoms with Gasteiger partial charge in [-0.05, 0) is 12.1 Å².